The standard InChI is InChI=1S/C17H19FN4O2S/c1-20-7-6-19-17(20)25-12-16(24)22-9-8-21(15(23)11-22)10-13-2-4-14(18)5-3-13/h2-7H,8-12H2,1H3. The first-order valence-corrected chi connectivity index (χ1v) is 8.91. The van der Waals surface area contributed by atoms with E-state index in [9.17, 15) is 14.0 Å². The van der Waals surface area contributed by atoms with Crippen LogP contribution in [-0.4, -0.2) is 56.6 Å². The van der Waals surface area contributed by atoms with Gasteiger partial charge in [-0.2, -0.15) is 0 Å². The number of benzene rings is 1. The Bertz CT molecular complexity index is 762. The maximum atomic E-state index is 12.9. The molecule has 2 aromatic rings. The lowest BCUT2D eigenvalue weighted by Gasteiger charge is -2.34. The van der Waals surface area contributed by atoms with Crippen molar-refractivity contribution in [1.29, 1.82) is 0 Å². The van der Waals surface area contributed by atoms with Gasteiger partial charge >= 0.3 is 0 Å². The van der Waals surface area contributed by atoms with Gasteiger partial charge in [0, 0.05) is 39.1 Å². The molecule has 0 radical (unpaired) electrons. The van der Waals surface area contributed by atoms with Crippen LogP contribution in [0.1, 0.15) is 5.56 Å². The number of carbonyl (C=O) groups excluding carboxylic acids is 2. The molecule has 2 heterocycles. The minimum atomic E-state index is -0.296. The summed E-state index contributed by atoms with van der Waals surface area (Å²) >= 11 is 1.36. The lowest BCUT2D eigenvalue weighted by Crippen LogP contribution is -2.52. The van der Waals surface area contributed by atoms with Crippen molar-refractivity contribution in [2.45, 2.75) is 11.7 Å². The number of hydrogen-bond acceptors (Lipinski definition) is 4. The van der Waals surface area contributed by atoms with Crippen LogP contribution >= 0.6 is 11.8 Å². The van der Waals surface area contributed by atoms with Gasteiger partial charge in [-0.15, -0.1) is 0 Å². The molecule has 0 aliphatic carbocycles. The summed E-state index contributed by atoms with van der Waals surface area (Å²) in [5.74, 6) is -0.194. The van der Waals surface area contributed by atoms with Crippen LogP contribution in [0.3, 0.4) is 0 Å². The minimum Gasteiger partial charge on any atom is -0.335 e. The number of halogens is 1. The number of thioether (sulfide) groups is 1. The SMILES string of the molecule is Cn1ccnc1SCC(=O)N1CCN(Cc2ccc(F)cc2)C(=O)C1. The molecule has 8 heteroatoms. The number of rotatable bonds is 5. The van der Waals surface area contributed by atoms with Crippen LogP contribution in [-0.2, 0) is 23.2 Å². The van der Waals surface area contributed by atoms with Crippen molar-refractivity contribution >= 4 is 23.6 Å². The molecular formula is C17H19FN4O2S. The van der Waals surface area contributed by atoms with Crippen LogP contribution < -0.4 is 0 Å². The molecule has 0 N–H and O–H groups in total. The first-order valence-electron chi connectivity index (χ1n) is 7.93. The summed E-state index contributed by atoms with van der Waals surface area (Å²) in [6.45, 7) is 1.51. The van der Waals surface area contributed by atoms with Crippen molar-refractivity contribution in [3.63, 3.8) is 0 Å². The van der Waals surface area contributed by atoms with Gasteiger partial charge in [0.2, 0.25) is 11.8 Å². The van der Waals surface area contributed by atoms with Gasteiger partial charge in [-0.25, -0.2) is 9.37 Å². The fourth-order valence-corrected chi connectivity index (χ4v) is 3.44. The summed E-state index contributed by atoms with van der Waals surface area (Å²) in [4.78, 5) is 32.1. The lowest BCUT2D eigenvalue weighted by molar-refractivity contribution is -0.144. The van der Waals surface area contributed by atoms with Crippen LogP contribution in [0, 0.1) is 5.82 Å². The second-order valence-electron chi connectivity index (χ2n) is 5.87. The Labute approximate surface area is 149 Å². The summed E-state index contributed by atoms with van der Waals surface area (Å²) in [5.41, 5.74) is 0.875. The molecule has 0 atom stereocenters. The van der Waals surface area contributed by atoms with E-state index in [1.54, 1.807) is 28.1 Å². The smallest absolute Gasteiger partial charge is 0.242 e. The Morgan fingerprint density at radius 2 is 2.04 bits per heavy atom. The molecule has 1 aliphatic rings. The van der Waals surface area contributed by atoms with E-state index in [0.717, 1.165) is 10.7 Å². The summed E-state index contributed by atoms with van der Waals surface area (Å²) < 4.78 is 14.8. The predicted octanol–water partition coefficient (Wildman–Crippen LogP) is 1.52. The Morgan fingerprint density at radius 1 is 1.28 bits per heavy atom. The van der Waals surface area contributed by atoms with Crippen molar-refractivity contribution in [1.82, 2.24) is 19.4 Å². The number of hydrogen-bond donors (Lipinski definition) is 0. The van der Waals surface area contributed by atoms with E-state index in [0.29, 0.717) is 19.6 Å². The number of imidazole rings is 1. The second-order valence-corrected chi connectivity index (χ2v) is 6.81. The molecule has 2 amide bonds. The number of aromatic nitrogens is 2. The van der Waals surface area contributed by atoms with Gasteiger partial charge in [0.25, 0.3) is 0 Å². The maximum Gasteiger partial charge on any atom is 0.242 e. The average Bonchev–Trinajstić information content (AvgIpc) is 3.01. The highest BCUT2D eigenvalue weighted by atomic mass is 32.2. The fraction of sp³-hybridized carbons (Fsp3) is 0.353. The number of piperazine rings is 1. The highest BCUT2D eigenvalue weighted by molar-refractivity contribution is 7.99. The lowest BCUT2D eigenvalue weighted by atomic mass is 10.2. The molecule has 6 nitrogen and oxygen atoms in total. The number of nitrogens with zero attached hydrogens (tertiary/aromatic N) is 4. The number of amides is 2. The second kappa shape index (κ2) is 7.69. The summed E-state index contributed by atoms with van der Waals surface area (Å²) in [7, 11) is 1.87. The van der Waals surface area contributed by atoms with Gasteiger partial charge in [-0.3, -0.25) is 9.59 Å². The maximum absolute atomic E-state index is 12.9. The zero-order valence-electron chi connectivity index (χ0n) is 13.9. The van der Waals surface area contributed by atoms with Crippen LogP contribution in [0.5, 0.6) is 0 Å². The molecule has 0 unspecified atom stereocenters. The largest absolute Gasteiger partial charge is 0.335 e. The van der Waals surface area contributed by atoms with Crippen molar-refractivity contribution in [2.75, 3.05) is 25.4 Å². The van der Waals surface area contributed by atoms with E-state index < -0.39 is 0 Å². The van der Waals surface area contributed by atoms with E-state index in [-0.39, 0.29) is 29.9 Å². The molecule has 132 valence electrons. The van der Waals surface area contributed by atoms with E-state index >= 15 is 0 Å². The van der Waals surface area contributed by atoms with Crippen LogP contribution in [0.25, 0.3) is 0 Å². The predicted molar refractivity (Wildman–Crippen MR) is 92.3 cm³/mol. The summed E-state index contributed by atoms with van der Waals surface area (Å²) in [6.07, 6.45) is 3.51. The average molecular weight is 362 g/mol. The highest BCUT2D eigenvalue weighted by Crippen LogP contribution is 2.16. The molecule has 0 saturated carbocycles. The topological polar surface area (TPSA) is 58.4 Å². The van der Waals surface area contributed by atoms with E-state index in [4.69, 9.17) is 0 Å². The first-order chi connectivity index (χ1) is 12.0. The molecule has 1 saturated heterocycles. The molecule has 1 aromatic carbocycles. The molecule has 3 rings (SSSR count). The molecule has 0 bridgehead atoms. The van der Waals surface area contributed by atoms with Gasteiger partial charge in [-0.1, -0.05) is 23.9 Å². The van der Waals surface area contributed by atoms with E-state index in [2.05, 4.69) is 4.98 Å². The summed E-state index contributed by atoms with van der Waals surface area (Å²) in [5, 5.41) is 0.773. The Kier molecular flexibility index (Phi) is 5.37. The third-order valence-corrected chi connectivity index (χ3v) is 5.10. The zero-order chi connectivity index (χ0) is 17.8. The van der Waals surface area contributed by atoms with E-state index in [1.165, 1.54) is 23.9 Å². The van der Waals surface area contributed by atoms with Crippen LogP contribution in [0.4, 0.5) is 4.39 Å². The van der Waals surface area contributed by atoms with Gasteiger partial charge < -0.3 is 14.4 Å². The fourth-order valence-electron chi connectivity index (χ4n) is 2.61. The molecule has 25 heavy (non-hydrogen) atoms. The van der Waals surface area contributed by atoms with E-state index in [1.807, 2.05) is 17.8 Å². The summed E-state index contributed by atoms with van der Waals surface area (Å²) in [6, 6.07) is 6.11. The Hall–Kier alpha value is -2.35. The van der Waals surface area contributed by atoms with Gasteiger partial charge in [0.1, 0.15) is 5.82 Å². The quantitative estimate of drug-likeness (QED) is 0.757. The third-order valence-electron chi connectivity index (χ3n) is 4.06. The van der Waals surface area contributed by atoms with Gasteiger partial charge in [0.15, 0.2) is 5.16 Å². The van der Waals surface area contributed by atoms with Crippen LogP contribution in [0.2, 0.25) is 0 Å². The molecular weight excluding hydrogens is 343 g/mol. The first kappa shape index (κ1) is 17.5. The van der Waals surface area contributed by atoms with Crippen molar-refractivity contribution in [3.05, 3.63) is 48.0 Å². The zero-order valence-corrected chi connectivity index (χ0v) is 14.7. The number of aryl methyl sites for hydroxylation is 1. The van der Waals surface area contributed by atoms with Crippen molar-refractivity contribution < 1.29 is 14.0 Å². The minimum absolute atomic E-state index is 0.0669. The highest BCUT2D eigenvalue weighted by Gasteiger charge is 2.27. The Morgan fingerprint density at radius 3 is 2.68 bits per heavy atom. The molecule has 1 aromatic heterocycles. The molecule has 1 fully saturated rings. The molecule has 0 spiro atoms. The van der Waals surface area contributed by atoms with Gasteiger partial charge in [-0.05, 0) is 17.7 Å². The molecule has 1 aliphatic heterocycles. The Balaban J connectivity index is 1.50. The monoisotopic (exact) mass is 362 g/mol. The number of carbonyl (C=O) groups is 2. The van der Waals surface area contributed by atoms with Crippen molar-refractivity contribution in [3.8, 4) is 0 Å². The van der Waals surface area contributed by atoms with Gasteiger partial charge in [0.05, 0.1) is 12.3 Å². The van der Waals surface area contributed by atoms with Crippen LogP contribution in [0.15, 0.2) is 41.8 Å². The normalized spacial score (nSPS) is 14.9. The third kappa shape index (κ3) is 4.39. The van der Waals surface area contributed by atoms with Crippen molar-refractivity contribution in [2.24, 2.45) is 7.05 Å².